The summed E-state index contributed by atoms with van der Waals surface area (Å²) in [5.41, 5.74) is 0.634. The van der Waals surface area contributed by atoms with Crippen molar-refractivity contribution in [3.05, 3.63) is 53.0 Å². The molecular weight excluding hydrogens is 376 g/mol. The second-order valence-corrected chi connectivity index (χ2v) is 8.57. The number of halogens is 2. The van der Waals surface area contributed by atoms with E-state index in [0.717, 1.165) is 23.9 Å². The van der Waals surface area contributed by atoms with Crippen LogP contribution in [0.4, 0.5) is 8.78 Å². The number of sulfonamides is 1. The normalized spacial score (nSPS) is 16.4. The van der Waals surface area contributed by atoms with E-state index in [1.54, 1.807) is 13.0 Å². The molecule has 2 aromatic rings. The Morgan fingerprint density at radius 3 is 2.52 bits per heavy atom. The van der Waals surface area contributed by atoms with E-state index < -0.39 is 27.4 Å². The largest absolute Gasteiger partial charge is 0.474 e. The fourth-order valence-electron chi connectivity index (χ4n) is 3.08. The lowest BCUT2D eigenvalue weighted by molar-refractivity contribution is 0.129. The fourth-order valence-corrected chi connectivity index (χ4v) is 4.65. The summed E-state index contributed by atoms with van der Waals surface area (Å²) in [6, 6.07) is 4.56. The van der Waals surface area contributed by atoms with Crippen LogP contribution in [0.1, 0.15) is 29.9 Å². The molecule has 0 unspecified atom stereocenters. The number of piperidine rings is 1. The van der Waals surface area contributed by atoms with Gasteiger partial charge in [-0.2, -0.15) is 4.98 Å². The van der Waals surface area contributed by atoms with Gasteiger partial charge in [-0.1, -0.05) is 0 Å². The van der Waals surface area contributed by atoms with E-state index in [1.807, 2.05) is 6.92 Å². The Labute approximate surface area is 157 Å². The van der Waals surface area contributed by atoms with Crippen molar-refractivity contribution in [2.75, 3.05) is 13.1 Å². The number of hydrogen-bond acceptors (Lipinski definition) is 5. The van der Waals surface area contributed by atoms with Crippen molar-refractivity contribution in [2.45, 2.75) is 38.5 Å². The van der Waals surface area contributed by atoms with Gasteiger partial charge in [0.25, 0.3) is 0 Å². The first-order valence-corrected chi connectivity index (χ1v) is 10.2. The van der Waals surface area contributed by atoms with Crippen LogP contribution in [-0.4, -0.2) is 41.9 Å². The lowest BCUT2D eigenvalue weighted by atomic mass is 10.1. The van der Waals surface area contributed by atoms with Gasteiger partial charge in [-0.15, -0.1) is 0 Å². The molecule has 1 aliphatic heterocycles. The molecule has 0 saturated carbocycles. The minimum absolute atomic E-state index is 0.156. The third-order valence-corrected chi connectivity index (χ3v) is 6.20. The average Bonchev–Trinajstić information content (AvgIpc) is 2.57. The highest BCUT2D eigenvalue weighted by atomic mass is 32.2. The van der Waals surface area contributed by atoms with Crippen molar-refractivity contribution in [3.8, 4) is 5.88 Å². The van der Waals surface area contributed by atoms with Gasteiger partial charge in [0.2, 0.25) is 15.9 Å². The van der Waals surface area contributed by atoms with Crippen LogP contribution in [0.3, 0.4) is 0 Å². The Bertz CT molecular complexity index is 909. The van der Waals surface area contributed by atoms with E-state index in [1.165, 1.54) is 4.31 Å². The van der Waals surface area contributed by atoms with Gasteiger partial charge in [0.05, 0.1) is 5.75 Å². The van der Waals surface area contributed by atoms with Gasteiger partial charge < -0.3 is 4.74 Å². The number of hydrogen-bond donors (Lipinski definition) is 0. The minimum Gasteiger partial charge on any atom is -0.474 e. The van der Waals surface area contributed by atoms with Crippen molar-refractivity contribution in [2.24, 2.45) is 0 Å². The average molecular weight is 397 g/mol. The molecule has 2 heterocycles. The number of nitrogens with zero attached hydrogens (tertiary/aromatic N) is 3. The van der Waals surface area contributed by atoms with Crippen molar-refractivity contribution in [1.82, 2.24) is 14.3 Å². The van der Waals surface area contributed by atoms with Gasteiger partial charge >= 0.3 is 0 Å². The Morgan fingerprint density at radius 1 is 1.15 bits per heavy atom. The van der Waals surface area contributed by atoms with Gasteiger partial charge in [0, 0.05) is 30.4 Å². The Hall–Kier alpha value is -2.13. The zero-order chi connectivity index (χ0) is 19.6. The maximum Gasteiger partial charge on any atom is 0.218 e. The Kier molecular flexibility index (Phi) is 5.71. The number of aryl methyl sites for hydroxylation is 2. The number of benzene rings is 1. The van der Waals surface area contributed by atoms with Crippen LogP contribution in [0.5, 0.6) is 5.88 Å². The molecule has 0 atom stereocenters. The molecule has 0 amide bonds. The highest BCUT2D eigenvalue weighted by molar-refractivity contribution is 7.88. The third-order valence-electron chi connectivity index (χ3n) is 4.37. The summed E-state index contributed by atoms with van der Waals surface area (Å²) in [4.78, 5) is 8.42. The summed E-state index contributed by atoms with van der Waals surface area (Å²) >= 11 is 0. The molecule has 1 aromatic carbocycles. The Morgan fingerprint density at radius 2 is 1.85 bits per heavy atom. The van der Waals surface area contributed by atoms with Crippen LogP contribution in [0.15, 0.2) is 24.3 Å². The maximum absolute atomic E-state index is 13.8. The number of ether oxygens (including phenoxy) is 1. The molecule has 1 saturated heterocycles. The third kappa shape index (κ3) is 4.98. The molecule has 9 heteroatoms. The van der Waals surface area contributed by atoms with Crippen molar-refractivity contribution in [3.63, 3.8) is 0 Å². The van der Waals surface area contributed by atoms with Crippen LogP contribution in [0, 0.1) is 25.5 Å². The lowest BCUT2D eigenvalue weighted by Crippen LogP contribution is -2.42. The number of aromatic nitrogens is 2. The van der Waals surface area contributed by atoms with E-state index in [9.17, 15) is 17.2 Å². The first-order valence-electron chi connectivity index (χ1n) is 8.63. The highest BCUT2D eigenvalue weighted by Gasteiger charge is 2.30. The van der Waals surface area contributed by atoms with Gasteiger partial charge in [0.15, 0.2) is 0 Å². The van der Waals surface area contributed by atoms with Crippen LogP contribution in [0.25, 0.3) is 0 Å². The van der Waals surface area contributed by atoms with Crippen molar-refractivity contribution in [1.29, 1.82) is 0 Å². The SMILES string of the molecule is Cc1cc(OC2CCN(S(=O)(=O)Cc3cc(F)ccc3F)CC2)nc(C)n1. The van der Waals surface area contributed by atoms with Gasteiger partial charge in [-0.25, -0.2) is 26.5 Å². The van der Waals surface area contributed by atoms with Gasteiger partial charge in [-0.05, 0) is 44.9 Å². The molecule has 0 spiro atoms. The first-order chi connectivity index (χ1) is 12.7. The lowest BCUT2D eigenvalue weighted by Gasteiger charge is -2.31. The van der Waals surface area contributed by atoms with Crippen LogP contribution < -0.4 is 4.74 Å². The second kappa shape index (κ2) is 7.85. The monoisotopic (exact) mass is 397 g/mol. The van der Waals surface area contributed by atoms with Crippen LogP contribution in [-0.2, 0) is 15.8 Å². The molecule has 0 radical (unpaired) electrons. The van der Waals surface area contributed by atoms with Gasteiger partial charge in [0.1, 0.15) is 23.6 Å². The van der Waals surface area contributed by atoms with Crippen LogP contribution >= 0.6 is 0 Å². The molecule has 146 valence electrons. The molecule has 6 nitrogen and oxygen atoms in total. The van der Waals surface area contributed by atoms with E-state index in [-0.39, 0.29) is 24.8 Å². The molecule has 1 aliphatic rings. The maximum atomic E-state index is 13.8. The smallest absolute Gasteiger partial charge is 0.218 e. The molecule has 0 bridgehead atoms. The molecule has 3 rings (SSSR count). The number of rotatable bonds is 5. The summed E-state index contributed by atoms with van der Waals surface area (Å²) in [6.45, 7) is 4.14. The minimum atomic E-state index is -3.74. The van der Waals surface area contributed by atoms with Crippen molar-refractivity contribution < 1.29 is 21.9 Å². The molecular formula is C18H21F2N3O3S. The quantitative estimate of drug-likeness (QED) is 0.776. The molecule has 27 heavy (non-hydrogen) atoms. The van der Waals surface area contributed by atoms with Crippen LogP contribution in [0.2, 0.25) is 0 Å². The summed E-state index contributed by atoms with van der Waals surface area (Å²) in [6.07, 6.45) is 0.830. The van der Waals surface area contributed by atoms with Gasteiger partial charge in [-0.3, -0.25) is 0 Å². The summed E-state index contributed by atoms with van der Waals surface area (Å²) in [7, 11) is -3.74. The summed E-state index contributed by atoms with van der Waals surface area (Å²) < 4.78 is 59.3. The fraction of sp³-hybridized carbons (Fsp3) is 0.444. The van der Waals surface area contributed by atoms with E-state index in [2.05, 4.69) is 9.97 Å². The van der Waals surface area contributed by atoms with E-state index >= 15 is 0 Å². The zero-order valence-corrected chi connectivity index (χ0v) is 16.0. The predicted molar refractivity (Wildman–Crippen MR) is 95.7 cm³/mol. The zero-order valence-electron chi connectivity index (χ0n) is 15.2. The summed E-state index contributed by atoms with van der Waals surface area (Å²) in [5.74, 6) is -0.867. The molecule has 0 N–H and O–H groups in total. The highest BCUT2D eigenvalue weighted by Crippen LogP contribution is 2.22. The molecule has 0 aliphatic carbocycles. The second-order valence-electron chi connectivity index (χ2n) is 6.60. The topological polar surface area (TPSA) is 72.4 Å². The summed E-state index contributed by atoms with van der Waals surface area (Å²) in [5, 5.41) is 0. The Balaban J connectivity index is 1.61. The van der Waals surface area contributed by atoms with Crippen molar-refractivity contribution >= 4 is 10.0 Å². The predicted octanol–water partition coefficient (Wildman–Crippen LogP) is 2.74. The van der Waals surface area contributed by atoms with E-state index in [0.29, 0.717) is 24.5 Å². The van der Waals surface area contributed by atoms with E-state index in [4.69, 9.17) is 4.74 Å². The molecule has 1 fully saturated rings. The standard InChI is InChI=1S/C18H21F2N3O3S/c1-12-9-18(22-13(2)21-12)26-16-5-7-23(8-6-16)27(24,25)11-14-10-15(19)3-4-17(14)20/h3-4,9-10,16H,5-8,11H2,1-2H3. The first kappa shape index (κ1) is 19.6. The molecule has 1 aromatic heterocycles.